The summed E-state index contributed by atoms with van der Waals surface area (Å²) < 4.78 is 44.4. The first-order chi connectivity index (χ1) is 18.7. The van der Waals surface area contributed by atoms with Gasteiger partial charge in [0.2, 0.25) is 5.88 Å². The molecule has 202 valence electrons. The van der Waals surface area contributed by atoms with Crippen LogP contribution < -0.4 is 5.56 Å². The summed E-state index contributed by atoms with van der Waals surface area (Å²) >= 11 is 0. The lowest BCUT2D eigenvalue weighted by Gasteiger charge is -2.25. The number of hydrogen-bond acceptors (Lipinski definition) is 5. The fourth-order valence-electron chi connectivity index (χ4n) is 5.16. The molecule has 11 heteroatoms. The third-order valence-electron chi connectivity index (χ3n) is 7.04. The predicted molar refractivity (Wildman–Crippen MR) is 137 cm³/mol. The van der Waals surface area contributed by atoms with Crippen LogP contribution in [0.15, 0.2) is 59.5 Å². The number of likely N-dealkylation sites (tertiary alicyclic amines) is 1. The highest BCUT2D eigenvalue weighted by molar-refractivity contribution is 5.96. The van der Waals surface area contributed by atoms with E-state index in [2.05, 4.69) is 10.1 Å². The van der Waals surface area contributed by atoms with Crippen molar-refractivity contribution in [1.82, 2.24) is 24.2 Å². The number of hydrogen-bond donors (Lipinski definition) is 1. The van der Waals surface area contributed by atoms with E-state index in [4.69, 9.17) is 0 Å². The smallest absolute Gasteiger partial charge is 0.290 e. The molecule has 1 aliphatic rings. The first kappa shape index (κ1) is 26.2. The van der Waals surface area contributed by atoms with Crippen molar-refractivity contribution in [3.63, 3.8) is 0 Å². The number of rotatable bonds is 6. The van der Waals surface area contributed by atoms with Gasteiger partial charge in [0, 0.05) is 38.3 Å². The van der Waals surface area contributed by atoms with Crippen molar-refractivity contribution in [2.24, 2.45) is 7.05 Å². The maximum absolute atomic E-state index is 14.2. The molecule has 2 unspecified atom stereocenters. The molecule has 0 bridgehead atoms. The van der Waals surface area contributed by atoms with Gasteiger partial charge in [-0.3, -0.25) is 18.8 Å². The summed E-state index contributed by atoms with van der Waals surface area (Å²) in [5.74, 6) is -3.47. The van der Waals surface area contributed by atoms with Crippen LogP contribution >= 0.6 is 0 Å². The Balaban J connectivity index is 1.60. The maximum Gasteiger partial charge on any atom is 0.290 e. The van der Waals surface area contributed by atoms with Crippen molar-refractivity contribution in [2.75, 3.05) is 13.1 Å². The van der Waals surface area contributed by atoms with Crippen LogP contribution in [-0.2, 0) is 7.05 Å². The molecule has 3 heterocycles. The highest BCUT2D eigenvalue weighted by Gasteiger charge is 2.34. The summed E-state index contributed by atoms with van der Waals surface area (Å²) in [5, 5.41) is 15.8. The Morgan fingerprint density at radius 2 is 1.77 bits per heavy atom. The van der Waals surface area contributed by atoms with E-state index >= 15 is 0 Å². The van der Waals surface area contributed by atoms with Gasteiger partial charge in [-0.2, -0.15) is 10.1 Å². The lowest BCUT2D eigenvalue weighted by molar-refractivity contribution is 0.0783. The molecule has 39 heavy (non-hydrogen) atoms. The number of carbonyl (C=O) groups is 1. The summed E-state index contributed by atoms with van der Waals surface area (Å²) in [4.78, 5) is 32.4. The van der Waals surface area contributed by atoms with E-state index in [0.717, 1.165) is 23.8 Å². The maximum atomic E-state index is 14.2. The molecule has 2 aromatic heterocycles. The highest BCUT2D eigenvalue weighted by atomic mass is 19.1. The number of benzene rings is 2. The highest BCUT2D eigenvalue weighted by Crippen LogP contribution is 2.35. The van der Waals surface area contributed by atoms with Crippen LogP contribution in [0.3, 0.4) is 0 Å². The minimum Gasteiger partial charge on any atom is -0.494 e. The first-order valence-corrected chi connectivity index (χ1v) is 12.5. The molecule has 1 amide bonds. The van der Waals surface area contributed by atoms with Crippen LogP contribution in [-0.4, -0.2) is 48.3 Å². The fourth-order valence-corrected chi connectivity index (χ4v) is 5.16. The largest absolute Gasteiger partial charge is 0.494 e. The Hall–Kier alpha value is -4.41. The van der Waals surface area contributed by atoms with Crippen LogP contribution in [0, 0.1) is 17.5 Å². The number of nitrogens with zero attached hydrogens (tertiary/aromatic N) is 5. The van der Waals surface area contributed by atoms with Crippen LogP contribution in [0.5, 0.6) is 5.88 Å². The Kier molecular flexibility index (Phi) is 6.98. The van der Waals surface area contributed by atoms with Gasteiger partial charge in [-0.05, 0) is 54.3 Å². The molecule has 0 aliphatic carbocycles. The van der Waals surface area contributed by atoms with Gasteiger partial charge in [0.25, 0.3) is 11.5 Å². The zero-order valence-electron chi connectivity index (χ0n) is 21.3. The second kappa shape index (κ2) is 10.4. The van der Waals surface area contributed by atoms with Crippen LogP contribution in [0.2, 0.25) is 0 Å². The molecular weight excluding hydrogens is 511 g/mol. The van der Waals surface area contributed by atoms with E-state index < -0.39 is 40.6 Å². The summed E-state index contributed by atoms with van der Waals surface area (Å²) in [5.41, 5.74) is -0.207. The van der Waals surface area contributed by atoms with E-state index in [0.29, 0.717) is 13.0 Å². The minimum absolute atomic E-state index is 0.0446. The Labute approximate surface area is 222 Å². The molecule has 5 rings (SSSR count). The summed E-state index contributed by atoms with van der Waals surface area (Å²) in [6.07, 6.45) is 2.45. The molecule has 4 aromatic rings. The normalized spacial score (nSPS) is 16.0. The van der Waals surface area contributed by atoms with Gasteiger partial charge in [-0.1, -0.05) is 19.1 Å². The average molecular weight is 538 g/mol. The van der Waals surface area contributed by atoms with Crippen molar-refractivity contribution >= 4 is 5.91 Å². The molecule has 1 saturated heterocycles. The van der Waals surface area contributed by atoms with Gasteiger partial charge < -0.3 is 10.0 Å². The number of halogens is 3. The summed E-state index contributed by atoms with van der Waals surface area (Å²) in [6.45, 7) is 2.31. The Morgan fingerprint density at radius 3 is 2.38 bits per heavy atom. The van der Waals surface area contributed by atoms with Crippen molar-refractivity contribution in [1.29, 1.82) is 0 Å². The standard InChI is InChI=1S/C28H26F3N5O3/c1-3-23(18-12-20(30)14-21(31)13-18)36-25(22-9-10-34(2)33-22)32-26(37)24(28(36)39)27(38)35-11-8-17(15-35)16-4-6-19(29)7-5-16/h4-7,9-10,12-14,17,23,39H,3,8,11,15H2,1-2H3. The lowest BCUT2D eigenvalue weighted by Crippen LogP contribution is -2.35. The van der Waals surface area contributed by atoms with Crippen LogP contribution in [0.25, 0.3) is 11.5 Å². The minimum atomic E-state index is -0.945. The van der Waals surface area contributed by atoms with E-state index in [1.54, 1.807) is 38.4 Å². The van der Waals surface area contributed by atoms with Gasteiger partial charge >= 0.3 is 0 Å². The molecule has 0 radical (unpaired) electrons. The van der Waals surface area contributed by atoms with E-state index in [1.165, 1.54) is 26.3 Å². The number of aromatic hydroxyl groups is 1. The zero-order chi connectivity index (χ0) is 27.8. The monoisotopic (exact) mass is 537 g/mol. The lowest BCUT2D eigenvalue weighted by atomic mass is 9.98. The van der Waals surface area contributed by atoms with Gasteiger partial charge in [0.1, 0.15) is 23.1 Å². The van der Waals surface area contributed by atoms with E-state index in [9.17, 15) is 27.9 Å². The second-order valence-corrected chi connectivity index (χ2v) is 9.60. The van der Waals surface area contributed by atoms with E-state index in [-0.39, 0.29) is 41.8 Å². The van der Waals surface area contributed by atoms with E-state index in [1.807, 2.05) is 0 Å². The first-order valence-electron chi connectivity index (χ1n) is 12.5. The van der Waals surface area contributed by atoms with Gasteiger partial charge in [0.05, 0.1) is 6.04 Å². The topological polar surface area (TPSA) is 93.2 Å². The molecule has 0 spiro atoms. The number of aromatic nitrogens is 4. The van der Waals surface area contributed by atoms with Crippen LogP contribution in [0.4, 0.5) is 13.2 Å². The predicted octanol–water partition coefficient (Wildman–Crippen LogP) is 4.40. The van der Waals surface area contributed by atoms with Gasteiger partial charge in [-0.25, -0.2) is 13.2 Å². The van der Waals surface area contributed by atoms with Crippen molar-refractivity contribution in [3.8, 4) is 17.4 Å². The molecule has 1 aliphatic heterocycles. The quantitative estimate of drug-likeness (QED) is 0.394. The van der Waals surface area contributed by atoms with Crippen molar-refractivity contribution in [3.05, 3.63) is 99.2 Å². The van der Waals surface area contributed by atoms with Crippen molar-refractivity contribution < 1.29 is 23.1 Å². The summed E-state index contributed by atoms with van der Waals surface area (Å²) in [6, 6.07) is 9.72. The zero-order valence-corrected chi connectivity index (χ0v) is 21.3. The molecule has 8 nitrogen and oxygen atoms in total. The summed E-state index contributed by atoms with van der Waals surface area (Å²) in [7, 11) is 1.66. The van der Waals surface area contributed by atoms with Crippen LogP contribution in [0.1, 0.15) is 53.2 Å². The number of aryl methyl sites for hydroxylation is 1. The third-order valence-corrected chi connectivity index (χ3v) is 7.04. The fraction of sp³-hybridized carbons (Fsp3) is 0.286. The second-order valence-electron chi connectivity index (χ2n) is 9.60. The number of carbonyl (C=O) groups excluding carboxylic acids is 1. The average Bonchev–Trinajstić information content (AvgIpc) is 3.55. The van der Waals surface area contributed by atoms with Gasteiger partial charge in [0.15, 0.2) is 11.4 Å². The number of amides is 1. The molecule has 1 fully saturated rings. The molecule has 2 atom stereocenters. The SMILES string of the molecule is CCC(c1cc(F)cc(F)c1)n1c(-c2ccn(C)n2)nc(=O)c(C(=O)N2CCC(c3ccc(F)cc3)C2)c1O. The van der Waals surface area contributed by atoms with Crippen molar-refractivity contribution in [2.45, 2.75) is 31.7 Å². The molecule has 2 aromatic carbocycles. The van der Waals surface area contributed by atoms with Gasteiger partial charge in [-0.15, -0.1) is 0 Å². The Bertz CT molecular complexity index is 1580. The molecule has 0 saturated carbocycles. The molecule has 1 N–H and O–H groups in total. The molecular formula is C28H26F3N5O3. The third kappa shape index (κ3) is 5.04. The Morgan fingerprint density at radius 1 is 1.08 bits per heavy atom.